The molecular weight excluding hydrogens is 388 g/mol. The number of para-hydroxylation sites is 1. The quantitative estimate of drug-likeness (QED) is 0.790. The highest BCUT2D eigenvalue weighted by Crippen LogP contribution is 2.34. The van der Waals surface area contributed by atoms with E-state index < -0.39 is 0 Å². The summed E-state index contributed by atoms with van der Waals surface area (Å²) in [6.07, 6.45) is 8.51. The molecule has 1 saturated carbocycles. The average molecular weight is 414 g/mol. The Morgan fingerprint density at radius 2 is 2.00 bits per heavy atom. The maximum Gasteiger partial charge on any atom is 0.255 e. The molecule has 2 N–H and O–H groups in total. The number of halogens is 1. The lowest BCUT2D eigenvalue weighted by atomic mass is 9.95. The van der Waals surface area contributed by atoms with E-state index in [1.807, 2.05) is 32.3 Å². The number of anilines is 4. The molecular formula is C21H26ClN6O. The van der Waals surface area contributed by atoms with Crippen LogP contribution >= 0.6 is 11.6 Å². The first-order chi connectivity index (χ1) is 14.0. The van der Waals surface area contributed by atoms with E-state index in [0.29, 0.717) is 28.9 Å². The van der Waals surface area contributed by atoms with E-state index in [0.717, 1.165) is 30.8 Å². The van der Waals surface area contributed by atoms with Gasteiger partial charge in [-0.25, -0.2) is 4.98 Å². The molecule has 1 aromatic carbocycles. The van der Waals surface area contributed by atoms with Crippen molar-refractivity contribution in [2.45, 2.75) is 31.7 Å². The molecule has 2 aliphatic rings. The summed E-state index contributed by atoms with van der Waals surface area (Å²) in [7, 11) is 3.82. The maximum atomic E-state index is 12.7. The molecule has 4 rings (SSSR count). The molecule has 1 amide bonds. The number of carbonyl (C=O) groups excluding carboxylic acids is 1. The predicted molar refractivity (Wildman–Crippen MR) is 117 cm³/mol. The number of likely N-dealkylation sites (N-methyl/N-ethyl adjacent to an activating group) is 2. The summed E-state index contributed by atoms with van der Waals surface area (Å²) in [5.74, 6) is 1.08. The molecule has 0 saturated heterocycles. The third-order valence-electron chi connectivity index (χ3n) is 5.50. The number of hydrogen-bond acceptors (Lipinski definition) is 6. The van der Waals surface area contributed by atoms with Crippen molar-refractivity contribution in [3.63, 3.8) is 0 Å². The van der Waals surface area contributed by atoms with Crippen LogP contribution in [0.3, 0.4) is 0 Å². The van der Waals surface area contributed by atoms with Gasteiger partial charge in [-0.2, -0.15) is 4.98 Å². The average Bonchev–Trinajstić information content (AvgIpc) is 2.84. The molecule has 0 spiro atoms. The molecule has 8 heteroatoms. The lowest BCUT2D eigenvalue weighted by Crippen LogP contribution is -2.30. The van der Waals surface area contributed by atoms with Gasteiger partial charge in [0.05, 0.1) is 23.1 Å². The molecule has 7 nitrogen and oxygen atoms in total. The van der Waals surface area contributed by atoms with Gasteiger partial charge >= 0.3 is 0 Å². The van der Waals surface area contributed by atoms with Crippen molar-refractivity contribution in [1.82, 2.24) is 14.9 Å². The predicted octanol–water partition coefficient (Wildman–Crippen LogP) is 3.95. The Morgan fingerprint density at radius 3 is 2.79 bits per heavy atom. The molecule has 1 aliphatic carbocycles. The largest absolute Gasteiger partial charge is 0.370 e. The van der Waals surface area contributed by atoms with Crippen molar-refractivity contribution < 1.29 is 4.79 Å². The van der Waals surface area contributed by atoms with Crippen LogP contribution in [0.4, 0.5) is 23.1 Å². The van der Waals surface area contributed by atoms with Gasteiger partial charge in [-0.05, 0) is 31.4 Å². The van der Waals surface area contributed by atoms with Crippen LogP contribution in [0, 0.1) is 6.42 Å². The van der Waals surface area contributed by atoms with E-state index in [2.05, 4.69) is 31.9 Å². The molecule has 1 aromatic heterocycles. The minimum atomic E-state index is 0.0141. The number of aromatic nitrogens is 2. The van der Waals surface area contributed by atoms with E-state index in [4.69, 9.17) is 11.6 Å². The standard InChI is InChI=1S/C21H26ClN6O/c1-27-11-12-28(2)20(29)15-9-6-10-17(18(15)27)25-21-23-13-16(22)19(26-21)24-14-7-4-3-5-8-14/h6-7,9-10,13-14H,3-5,8,11-12H2,1-2H3,(H2,23,24,25,26)/t14-/m1/s1. The number of carbonyl (C=O) groups is 1. The summed E-state index contributed by atoms with van der Waals surface area (Å²) in [6.45, 7) is 1.42. The zero-order chi connectivity index (χ0) is 20.4. The first kappa shape index (κ1) is 19.8. The molecule has 1 aliphatic heterocycles. The van der Waals surface area contributed by atoms with Gasteiger partial charge in [0.2, 0.25) is 5.95 Å². The van der Waals surface area contributed by atoms with Crippen molar-refractivity contribution in [3.05, 3.63) is 41.4 Å². The van der Waals surface area contributed by atoms with Crippen LogP contribution in [-0.4, -0.2) is 54.0 Å². The second-order valence-corrected chi connectivity index (χ2v) is 8.04. The normalized spacial score (nSPS) is 17.7. The van der Waals surface area contributed by atoms with Gasteiger partial charge in [0.1, 0.15) is 5.02 Å². The highest BCUT2D eigenvalue weighted by molar-refractivity contribution is 6.32. The maximum absolute atomic E-state index is 12.7. The van der Waals surface area contributed by atoms with Crippen molar-refractivity contribution in [2.75, 3.05) is 42.7 Å². The first-order valence-corrected chi connectivity index (χ1v) is 10.4. The summed E-state index contributed by atoms with van der Waals surface area (Å²) in [4.78, 5) is 25.5. The molecule has 0 bridgehead atoms. The SMILES string of the molecule is CN1CCN(C)c2c(Nc3ncc(Cl)c(N[C@@H]4[CH]CCCC4)n3)cccc2C1=O. The van der Waals surface area contributed by atoms with Crippen LogP contribution in [0.15, 0.2) is 24.4 Å². The van der Waals surface area contributed by atoms with E-state index in [1.165, 1.54) is 12.8 Å². The van der Waals surface area contributed by atoms with E-state index in [-0.39, 0.29) is 11.9 Å². The van der Waals surface area contributed by atoms with Crippen LogP contribution in [0.25, 0.3) is 0 Å². The minimum absolute atomic E-state index is 0.0141. The minimum Gasteiger partial charge on any atom is -0.370 e. The number of rotatable bonds is 4. The molecule has 153 valence electrons. The molecule has 0 unspecified atom stereocenters. The molecule has 29 heavy (non-hydrogen) atoms. The summed E-state index contributed by atoms with van der Waals surface area (Å²) in [5.41, 5.74) is 2.32. The van der Waals surface area contributed by atoms with Crippen LogP contribution in [0.2, 0.25) is 5.02 Å². The van der Waals surface area contributed by atoms with Gasteiger partial charge in [-0.3, -0.25) is 4.79 Å². The van der Waals surface area contributed by atoms with Crippen LogP contribution in [0.1, 0.15) is 36.0 Å². The fourth-order valence-electron chi connectivity index (χ4n) is 3.85. The highest BCUT2D eigenvalue weighted by atomic mass is 35.5. The number of nitrogens with zero attached hydrogens (tertiary/aromatic N) is 4. The zero-order valence-electron chi connectivity index (χ0n) is 16.8. The fourth-order valence-corrected chi connectivity index (χ4v) is 3.99. The zero-order valence-corrected chi connectivity index (χ0v) is 17.5. The molecule has 1 atom stereocenters. The second-order valence-electron chi connectivity index (χ2n) is 7.64. The van der Waals surface area contributed by atoms with Gasteiger partial charge in [-0.15, -0.1) is 0 Å². The van der Waals surface area contributed by atoms with Crippen LogP contribution < -0.4 is 15.5 Å². The summed E-state index contributed by atoms with van der Waals surface area (Å²) >= 11 is 6.33. The number of benzene rings is 1. The second kappa shape index (κ2) is 8.45. The smallest absolute Gasteiger partial charge is 0.255 e. The Kier molecular flexibility index (Phi) is 5.76. The molecule has 1 fully saturated rings. The summed E-state index contributed by atoms with van der Waals surface area (Å²) in [5, 5.41) is 7.20. The number of amides is 1. The Balaban J connectivity index is 1.61. The monoisotopic (exact) mass is 413 g/mol. The number of hydrogen-bond donors (Lipinski definition) is 2. The Hall–Kier alpha value is -2.54. The lowest BCUT2D eigenvalue weighted by Gasteiger charge is -2.24. The highest BCUT2D eigenvalue weighted by Gasteiger charge is 2.25. The Morgan fingerprint density at radius 1 is 1.17 bits per heavy atom. The van der Waals surface area contributed by atoms with Crippen molar-refractivity contribution in [3.8, 4) is 0 Å². The van der Waals surface area contributed by atoms with Gasteiger partial charge in [0.25, 0.3) is 5.91 Å². The van der Waals surface area contributed by atoms with E-state index >= 15 is 0 Å². The van der Waals surface area contributed by atoms with Crippen LogP contribution in [0.5, 0.6) is 0 Å². The van der Waals surface area contributed by atoms with Crippen molar-refractivity contribution >= 4 is 40.6 Å². The third-order valence-corrected chi connectivity index (χ3v) is 5.78. The first-order valence-electron chi connectivity index (χ1n) is 10.0. The Bertz CT molecular complexity index is 899. The molecule has 2 heterocycles. The third kappa shape index (κ3) is 4.24. The van der Waals surface area contributed by atoms with Crippen LogP contribution in [-0.2, 0) is 0 Å². The van der Waals surface area contributed by atoms with E-state index in [9.17, 15) is 4.79 Å². The van der Waals surface area contributed by atoms with Gasteiger partial charge in [-0.1, -0.05) is 30.5 Å². The van der Waals surface area contributed by atoms with Gasteiger partial charge in [0, 0.05) is 33.2 Å². The molecule has 1 radical (unpaired) electrons. The number of fused-ring (bicyclic) bond motifs is 1. The Labute approximate surface area is 176 Å². The number of nitrogens with one attached hydrogen (secondary N) is 2. The lowest BCUT2D eigenvalue weighted by molar-refractivity contribution is 0.0805. The van der Waals surface area contributed by atoms with E-state index in [1.54, 1.807) is 11.1 Å². The molecule has 2 aromatic rings. The van der Waals surface area contributed by atoms with Crippen molar-refractivity contribution in [2.24, 2.45) is 0 Å². The van der Waals surface area contributed by atoms with Crippen molar-refractivity contribution in [1.29, 1.82) is 0 Å². The topological polar surface area (TPSA) is 73.4 Å². The van der Waals surface area contributed by atoms with Gasteiger partial charge in [0.15, 0.2) is 5.82 Å². The summed E-state index contributed by atoms with van der Waals surface area (Å²) in [6, 6.07) is 5.94. The fraction of sp³-hybridized carbons (Fsp3) is 0.429. The summed E-state index contributed by atoms with van der Waals surface area (Å²) < 4.78 is 0. The van der Waals surface area contributed by atoms with Gasteiger partial charge < -0.3 is 20.4 Å².